The summed E-state index contributed by atoms with van der Waals surface area (Å²) in [6.07, 6.45) is 5.26. The molecule has 1 aromatic carbocycles. The lowest BCUT2D eigenvalue weighted by Crippen LogP contribution is -2.88. The van der Waals surface area contributed by atoms with E-state index >= 15 is 0 Å². The number of rotatable bonds is 6. The highest BCUT2D eigenvalue weighted by Crippen LogP contribution is 2.29. The Labute approximate surface area is 150 Å². The predicted octanol–water partition coefficient (Wildman–Crippen LogP) is 2.87. The molecule has 134 valence electrons. The van der Waals surface area contributed by atoms with Crippen LogP contribution < -0.4 is 10.6 Å². The molecule has 1 saturated carbocycles. The molecule has 1 aliphatic rings. The van der Waals surface area contributed by atoms with Crippen LogP contribution in [0.2, 0.25) is 0 Å². The number of furan rings is 1. The summed E-state index contributed by atoms with van der Waals surface area (Å²) in [7, 11) is 0. The van der Waals surface area contributed by atoms with E-state index in [1.165, 1.54) is 12.8 Å². The molecule has 0 bridgehead atoms. The van der Waals surface area contributed by atoms with Gasteiger partial charge in [-0.15, -0.1) is 0 Å². The minimum absolute atomic E-state index is 0.00431. The average molecular weight is 341 g/mol. The Bertz CT molecular complexity index is 654. The van der Waals surface area contributed by atoms with E-state index < -0.39 is 0 Å². The molecule has 0 radical (unpaired) electrons. The van der Waals surface area contributed by atoms with E-state index in [9.17, 15) is 4.79 Å². The highest BCUT2D eigenvalue weighted by Gasteiger charge is 2.29. The molecule has 1 heterocycles. The van der Waals surface area contributed by atoms with Crippen molar-refractivity contribution in [1.29, 1.82) is 0 Å². The van der Waals surface area contributed by atoms with Crippen molar-refractivity contribution in [2.75, 3.05) is 6.54 Å². The molecule has 1 aliphatic carbocycles. The Balaban J connectivity index is 1.60. The van der Waals surface area contributed by atoms with Crippen LogP contribution in [0.1, 0.15) is 50.5 Å². The average Bonchev–Trinajstić information content (AvgIpc) is 3.14. The lowest BCUT2D eigenvalue weighted by atomic mass is 9.78. The second kappa shape index (κ2) is 8.34. The fraction of sp³-hybridized carbons (Fsp3) is 0.476. The third-order valence-corrected chi connectivity index (χ3v) is 5.60. The van der Waals surface area contributed by atoms with Crippen LogP contribution in [-0.4, -0.2) is 18.5 Å². The van der Waals surface area contributed by atoms with Gasteiger partial charge in [-0.05, 0) is 30.4 Å². The van der Waals surface area contributed by atoms with Gasteiger partial charge in [-0.2, -0.15) is 0 Å². The number of hydrogen-bond acceptors (Lipinski definition) is 2. The Morgan fingerprint density at radius 3 is 2.72 bits per heavy atom. The Morgan fingerprint density at radius 1 is 1.20 bits per heavy atom. The van der Waals surface area contributed by atoms with Crippen LogP contribution in [-0.2, 0) is 4.79 Å². The number of carbonyl (C=O) groups is 1. The number of benzene rings is 1. The van der Waals surface area contributed by atoms with Crippen LogP contribution in [0.5, 0.6) is 0 Å². The number of amides is 1. The lowest BCUT2D eigenvalue weighted by Gasteiger charge is -2.34. The number of quaternary nitrogens is 1. The maximum atomic E-state index is 12.5. The van der Waals surface area contributed by atoms with Crippen molar-refractivity contribution in [3.63, 3.8) is 0 Å². The zero-order valence-corrected chi connectivity index (χ0v) is 15.2. The van der Waals surface area contributed by atoms with Gasteiger partial charge in [-0.1, -0.05) is 57.0 Å². The van der Waals surface area contributed by atoms with Gasteiger partial charge in [0.05, 0.1) is 6.26 Å². The molecular formula is C21H29N2O2+. The number of nitrogens with one attached hydrogen (secondary N) is 1. The van der Waals surface area contributed by atoms with Gasteiger partial charge in [0.1, 0.15) is 0 Å². The monoisotopic (exact) mass is 341 g/mol. The molecule has 3 N–H and O–H groups in total. The van der Waals surface area contributed by atoms with Gasteiger partial charge in [0.25, 0.3) is 5.91 Å². The molecule has 4 nitrogen and oxygen atoms in total. The van der Waals surface area contributed by atoms with Gasteiger partial charge in [-0.25, -0.2) is 0 Å². The fourth-order valence-corrected chi connectivity index (χ4v) is 3.82. The number of nitrogens with two attached hydrogens (primary N) is 1. The summed E-state index contributed by atoms with van der Waals surface area (Å²) in [6, 6.07) is 14.4. The molecule has 1 aromatic heterocycles. The maximum absolute atomic E-state index is 12.5. The molecule has 0 saturated heterocycles. The first kappa shape index (κ1) is 17.7. The quantitative estimate of drug-likeness (QED) is 0.849. The van der Waals surface area contributed by atoms with E-state index in [0.717, 1.165) is 17.7 Å². The van der Waals surface area contributed by atoms with Crippen molar-refractivity contribution >= 4 is 5.91 Å². The summed E-state index contributed by atoms with van der Waals surface area (Å²) in [5, 5.41) is 5.31. The van der Waals surface area contributed by atoms with Crippen LogP contribution in [0.3, 0.4) is 0 Å². The predicted molar refractivity (Wildman–Crippen MR) is 97.9 cm³/mol. The number of hydrogen-bond donors (Lipinski definition) is 2. The summed E-state index contributed by atoms with van der Waals surface area (Å²) < 4.78 is 5.60. The van der Waals surface area contributed by atoms with E-state index in [1.54, 1.807) is 6.26 Å². The molecule has 25 heavy (non-hydrogen) atoms. The van der Waals surface area contributed by atoms with E-state index in [2.05, 4.69) is 36.6 Å². The van der Waals surface area contributed by atoms with Crippen molar-refractivity contribution in [2.24, 2.45) is 11.8 Å². The minimum atomic E-state index is 0.00431. The van der Waals surface area contributed by atoms with Crippen LogP contribution in [0.25, 0.3) is 0 Å². The van der Waals surface area contributed by atoms with Crippen LogP contribution in [0.15, 0.2) is 53.1 Å². The number of carbonyl (C=O) groups excluding carboxylic acids is 1. The molecule has 0 unspecified atom stereocenters. The molecule has 0 spiro atoms. The normalized spacial score (nSPS) is 24.6. The summed E-state index contributed by atoms with van der Waals surface area (Å²) >= 11 is 0. The van der Waals surface area contributed by atoms with Crippen molar-refractivity contribution in [1.82, 2.24) is 5.32 Å². The van der Waals surface area contributed by atoms with Crippen LogP contribution >= 0.6 is 0 Å². The molecule has 2 aromatic rings. The van der Waals surface area contributed by atoms with E-state index in [-0.39, 0.29) is 11.9 Å². The third-order valence-electron chi connectivity index (χ3n) is 5.60. The summed E-state index contributed by atoms with van der Waals surface area (Å²) in [6.45, 7) is 4.95. The standard InChI is InChI=1S/C21H28N2O2/c1-15-8-6-11-18(16(15)2)23-20(24)14-22-21(19-12-7-13-25-19)17-9-4-3-5-10-17/h3-5,7,9-10,12-13,15-16,18,21-22H,6,8,11,14H2,1-2H3,(H,23,24)/p+1/t15-,16+,18+,21-/m0/s1. The van der Waals surface area contributed by atoms with Gasteiger partial charge >= 0.3 is 0 Å². The molecule has 0 aliphatic heterocycles. The molecule has 3 rings (SSSR count). The third kappa shape index (κ3) is 4.51. The smallest absolute Gasteiger partial charge is 0.275 e. The highest BCUT2D eigenvalue weighted by atomic mass is 16.3. The zero-order chi connectivity index (χ0) is 17.6. The van der Waals surface area contributed by atoms with E-state index in [0.29, 0.717) is 24.4 Å². The zero-order valence-electron chi connectivity index (χ0n) is 15.2. The Kier molecular flexibility index (Phi) is 5.92. The van der Waals surface area contributed by atoms with Crippen molar-refractivity contribution in [3.8, 4) is 0 Å². The van der Waals surface area contributed by atoms with Gasteiger partial charge in [-0.3, -0.25) is 4.79 Å². The minimum Gasteiger partial charge on any atom is -0.463 e. The van der Waals surface area contributed by atoms with Crippen molar-refractivity contribution in [2.45, 2.75) is 45.2 Å². The highest BCUT2D eigenvalue weighted by molar-refractivity contribution is 5.77. The fourth-order valence-electron chi connectivity index (χ4n) is 3.82. The lowest BCUT2D eigenvalue weighted by molar-refractivity contribution is -0.678. The first-order valence-electron chi connectivity index (χ1n) is 9.36. The van der Waals surface area contributed by atoms with Crippen LogP contribution in [0, 0.1) is 11.8 Å². The second-order valence-electron chi connectivity index (χ2n) is 7.28. The first-order valence-corrected chi connectivity index (χ1v) is 9.36. The summed E-state index contributed by atoms with van der Waals surface area (Å²) in [4.78, 5) is 12.5. The SMILES string of the molecule is C[C@@H]1[C@@H](C)CCC[C@H]1NC(=O)C[NH2+][C@@H](c1ccccc1)c1ccco1. The maximum Gasteiger partial charge on any atom is 0.275 e. The molecule has 1 amide bonds. The van der Waals surface area contributed by atoms with Crippen molar-refractivity contribution < 1.29 is 14.5 Å². The van der Waals surface area contributed by atoms with Crippen LogP contribution in [0.4, 0.5) is 0 Å². The molecule has 4 heteroatoms. The summed E-state index contributed by atoms with van der Waals surface area (Å²) in [5.74, 6) is 2.22. The first-order chi connectivity index (χ1) is 12.1. The van der Waals surface area contributed by atoms with Gasteiger partial charge in [0.2, 0.25) is 0 Å². The second-order valence-corrected chi connectivity index (χ2v) is 7.28. The van der Waals surface area contributed by atoms with Crippen molar-refractivity contribution in [3.05, 3.63) is 60.1 Å². The molecule has 1 fully saturated rings. The van der Waals surface area contributed by atoms with Gasteiger partial charge < -0.3 is 15.1 Å². The Morgan fingerprint density at radius 2 is 2.00 bits per heavy atom. The largest absolute Gasteiger partial charge is 0.463 e. The van der Waals surface area contributed by atoms with E-state index in [4.69, 9.17) is 4.42 Å². The Hall–Kier alpha value is -2.07. The molecule has 4 atom stereocenters. The van der Waals surface area contributed by atoms with Gasteiger partial charge in [0.15, 0.2) is 18.3 Å². The van der Waals surface area contributed by atoms with E-state index in [1.807, 2.05) is 30.3 Å². The topological polar surface area (TPSA) is 58.9 Å². The molecular weight excluding hydrogens is 312 g/mol. The summed E-state index contributed by atoms with van der Waals surface area (Å²) in [5.41, 5.74) is 1.14. The van der Waals surface area contributed by atoms with Gasteiger partial charge in [0, 0.05) is 11.6 Å².